The zero-order valence-corrected chi connectivity index (χ0v) is 14.5. The number of nitrogens with one attached hydrogen (secondary N) is 1. The lowest BCUT2D eigenvalue weighted by atomic mass is 10.2. The Morgan fingerprint density at radius 1 is 1.38 bits per heavy atom. The molecule has 0 aliphatic heterocycles. The van der Waals surface area contributed by atoms with Gasteiger partial charge in [-0.3, -0.25) is 4.79 Å². The molecule has 0 aliphatic rings. The van der Waals surface area contributed by atoms with Crippen LogP contribution in [0.1, 0.15) is 16.4 Å². The van der Waals surface area contributed by atoms with Gasteiger partial charge in [0.1, 0.15) is 6.54 Å². The topological polar surface area (TPSA) is 80.0 Å². The summed E-state index contributed by atoms with van der Waals surface area (Å²) >= 11 is 1.60. The van der Waals surface area contributed by atoms with Gasteiger partial charge < -0.3 is 15.0 Å². The Bertz CT molecular complexity index is 898. The Morgan fingerprint density at radius 3 is 2.83 bits per heavy atom. The molecule has 0 unspecified atom stereocenters. The largest absolute Gasteiger partial charge is 0.504 e. The summed E-state index contributed by atoms with van der Waals surface area (Å²) in [5, 5.41) is 15.4. The molecule has 0 radical (unpaired) electrons. The number of aromatic nitrogens is 3. The number of carbonyl (C=O) groups is 1. The molecule has 0 aliphatic carbocycles. The van der Waals surface area contributed by atoms with Crippen LogP contribution in [0.15, 0.2) is 29.8 Å². The highest BCUT2D eigenvalue weighted by Crippen LogP contribution is 2.28. The first-order valence-electron chi connectivity index (χ1n) is 7.48. The molecule has 0 saturated heterocycles. The molecule has 0 spiro atoms. The van der Waals surface area contributed by atoms with E-state index in [0.717, 1.165) is 27.7 Å². The smallest absolute Gasteiger partial charge is 0.245 e. The molecular weight excluding hydrogens is 324 g/mol. The molecule has 3 rings (SSSR count). The van der Waals surface area contributed by atoms with Crippen LogP contribution in [-0.4, -0.2) is 25.5 Å². The highest BCUT2D eigenvalue weighted by Gasteiger charge is 2.16. The van der Waals surface area contributed by atoms with Gasteiger partial charge in [-0.25, -0.2) is 9.97 Å². The Morgan fingerprint density at radius 2 is 2.17 bits per heavy atom. The van der Waals surface area contributed by atoms with Gasteiger partial charge in [-0.1, -0.05) is 0 Å². The van der Waals surface area contributed by atoms with Crippen molar-refractivity contribution in [3.8, 4) is 17.0 Å². The van der Waals surface area contributed by atoms with Crippen LogP contribution in [0.3, 0.4) is 0 Å². The van der Waals surface area contributed by atoms with Gasteiger partial charge >= 0.3 is 0 Å². The Labute approximate surface area is 143 Å². The minimum Gasteiger partial charge on any atom is -0.504 e. The maximum atomic E-state index is 12.3. The fourth-order valence-electron chi connectivity index (χ4n) is 2.60. The summed E-state index contributed by atoms with van der Waals surface area (Å²) in [6.07, 6.45) is 1.52. The standard InChI is InChI=1S/C17H18N4O2S/c1-10-7-13(14-9-24-12(3)19-14)11(2)21(10)8-16(23)20-17-15(22)5-4-6-18-17/h4-7,9,22H,8H2,1-3H3,(H,18,20,23). The maximum absolute atomic E-state index is 12.3. The molecule has 3 heterocycles. The zero-order valence-electron chi connectivity index (χ0n) is 13.7. The van der Waals surface area contributed by atoms with Crippen LogP contribution in [-0.2, 0) is 11.3 Å². The summed E-state index contributed by atoms with van der Waals surface area (Å²) in [4.78, 5) is 20.8. The molecule has 24 heavy (non-hydrogen) atoms. The van der Waals surface area contributed by atoms with Gasteiger partial charge in [0.05, 0.1) is 10.7 Å². The number of hydrogen-bond acceptors (Lipinski definition) is 5. The molecule has 7 heteroatoms. The van der Waals surface area contributed by atoms with Crippen molar-refractivity contribution in [2.45, 2.75) is 27.3 Å². The Hall–Kier alpha value is -2.67. The van der Waals surface area contributed by atoms with Crippen LogP contribution >= 0.6 is 11.3 Å². The van der Waals surface area contributed by atoms with Crippen LogP contribution < -0.4 is 5.32 Å². The van der Waals surface area contributed by atoms with E-state index in [-0.39, 0.29) is 24.0 Å². The number of hydrogen-bond donors (Lipinski definition) is 2. The van der Waals surface area contributed by atoms with Gasteiger partial charge in [0.15, 0.2) is 11.6 Å². The van der Waals surface area contributed by atoms with Crippen LogP contribution in [0, 0.1) is 20.8 Å². The molecule has 0 bridgehead atoms. The number of aryl methyl sites for hydroxylation is 2. The van der Waals surface area contributed by atoms with E-state index < -0.39 is 0 Å². The number of carbonyl (C=O) groups excluding carboxylic acids is 1. The molecule has 2 N–H and O–H groups in total. The second kappa shape index (κ2) is 6.45. The quantitative estimate of drug-likeness (QED) is 0.762. The summed E-state index contributed by atoms with van der Waals surface area (Å²) in [5.41, 5.74) is 3.93. The van der Waals surface area contributed by atoms with E-state index in [1.54, 1.807) is 17.4 Å². The number of thiazole rings is 1. The molecule has 3 aromatic rings. The van der Waals surface area contributed by atoms with Crippen molar-refractivity contribution >= 4 is 23.1 Å². The Kier molecular flexibility index (Phi) is 4.35. The molecular formula is C17H18N4O2S. The predicted molar refractivity (Wildman–Crippen MR) is 94.3 cm³/mol. The fourth-order valence-corrected chi connectivity index (χ4v) is 3.21. The monoisotopic (exact) mass is 342 g/mol. The minimum absolute atomic E-state index is 0.0505. The second-order valence-corrected chi connectivity index (χ2v) is 6.60. The van der Waals surface area contributed by atoms with Crippen LogP contribution in [0.5, 0.6) is 5.75 Å². The van der Waals surface area contributed by atoms with Crippen molar-refractivity contribution in [3.63, 3.8) is 0 Å². The molecule has 124 valence electrons. The molecule has 3 aromatic heterocycles. The normalized spacial score (nSPS) is 10.8. The minimum atomic E-state index is -0.244. The Balaban J connectivity index is 1.82. The number of aromatic hydroxyl groups is 1. The van der Waals surface area contributed by atoms with Crippen molar-refractivity contribution < 1.29 is 9.90 Å². The van der Waals surface area contributed by atoms with Crippen molar-refractivity contribution in [3.05, 3.63) is 46.2 Å². The summed E-state index contributed by atoms with van der Waals surface area (Å²) in [6, 6.07) is 5.13. The van der Waals surface area contributed by atoms with E-state index in [9.17, 15) is 9.90 Å². The first kappa shape index (κ1) is 16.2. The van der Waals surface area contributed by atoms with Gasteiger partial charge in [0.25, 0.3) is 0 Å². The van der Waals surface area contributed by atoms with Crippen LogP contribution in [0.2, 0.25) is 0 Å². The molecule has 1 amide bonds. The first-order chi connectivity index (χ1) is 11.5. The predicted octanol–water partition coefficient (Wildman–Crippen LogP) is 3.28. The molecule has 6 nitrogen and oxygen atoms in total. The number of anilines is 1. The molecule has 0 saturated carbocycles. The van der Waals surface area contributed by atoms with E-state index >= 15 is 0 Å². The van der Waals surface area contributed by atoms with Crippen molar-refractivity contribution in [2.24, 2.45) is 0 Å². The summed E-state index contributed by atoms with van der Waals surface area (Å²) in [5.74, 6) is -0.127. The van der Waals surface area contributed by atoms with Crippen LogP contribution in [0.25, 0.3) is 11.3 Å². The number of pyridine rings is 1. The van der Waals surface area contributed by atoms with Crippen molar-refractivity contribution in [2.75, 3.05) is 5.32 Å². The number of rotatable bonds is 4. The van der Waals surface area contributed by atoms with Gasteiger partial charge in [-0.2, -0.15) is 0 Å². The number of nitrogens with zero attached hydrogens (tertiary/aromatic N) is 3. The van der Waals surface area contributed by atoms with E-state index in [4.69, 9.17) is 0 Å². The molecule has 0 atom stereocenters. The summed E-state index contributed by atoms with van der Waals surface area (Å²) < 4.78 is 1.93. The second-order valence-electron chi connectivity index (χ2n) is 5.54. The highest BCUT2D eigenvalue weighted by atomic mass is 32.1. The van der Waals surface area contributed by atoms with E-state index in [2.05, 4.69) is 15.3 Å². The van der Waals surface area contributed by atoms with Gasteiger partial charge in [-0.05, 0) is 39.0 Å². The molecule has 0 aromatic carbocycles. The lowest BCUT2D eigenvalue weighted by Crippen LogP contribution is -2.20. The zero-order chi connectivity index (χ0) is 17.3. The van der Waals surface area contributed by atoms with E-state index in [0.29, 0.717) is 0 Å². The first-order valence-corrected chi connectivity index (χ1v) is 8.36. The van der Waals surface area contributed by atoms with E-state index in [1.165, 1.54) is 12.3 Å². The summed E-state index contributed by atoms with van der Waals surface area (Å²) in [6.45, 7) is 6.06. The van der Waals surface area contributed by atoms with Gasteiger partial charge in [0.2, 0.25) is 5.91 Å². The lowest BCUT2D eigenvalue weighted by Gasteiger charge is -2.10. The van der Waals surface area contributed by atoms with Crippen LogP contribution in [0.4, 0.5) is 5.82 Å². The third-order valence-electron chi connectivity index (χ3n) is 3.81. The molecule has 0 fully saturated rings. The van der Waals surface area contributed by atoms with E-state index in [1.807, 2.05) is 36.8 Å². The number of amides is 1. The fraction of sp³-hybridized carbons (Fsp3) is 0.235. The average molecular weight is 342 g/mol. The lowest BCUT2D eigenvalue weighted by molar-refractivity contribution is -0.116. The van der Waals surface area contributed by atoms with Gasteiger partial charge in [-0.15, -0.1) is 11.3 Å². The van der Waals surface area contributed by atoms with Gasteiger partial charge in [0, 0.05) is 28.5 Å². The van der Waals surface area contributed by atoms with Crippen molar-refractivity contribution in [1.82, 2.24) is 14.5 Å². The SMILES string of the molecule is Cc1nc(-c2cc(C)n(CC(=O)Nc3ncccc3O)c2C)cs1. The third kappa shape index (κ3) is 3.16. The van der Waals surface area contributed by atoms with Crippen molar-refractivity contribution in [1.29, 1.82) is 0 Å². The average Bonchev–Trinajstić information content (AvgIpc) is 3.08. The maximum Gasteiger partial charge on any atom is 0.245 e. The summed E-state index contributed by atoms with van der Waals surface area (Å²) in [7, 11) is 0. The third-order valence-corrected chi connectivity index (χ3v) is 4.59. The highest BCUT2D eigenvalue weighted by molar-refractivity contribution is 7.09.